The quantitative estimate of drug-likeness (QED) is 0.439. The van der Waals surface area contributed by atoms with Gasteiger partial charge in [-0.1, -0.05) is 29.8 Å². The molecule has 0 saturated heterocycles. The molecule has 0 bridgehead atoms. The van der Waals surface area contributed by atoms with Gasteiger partial charge >= 0.3 is 0 Å². The van der Waals surface area contributed by atoms with E-state index in [1.165, 1.54) is 31.2 Å². The molecular formula is C24H26ClN3O5S2. The number of hydrogen-bond acceptors (Lipinski definition) is 5. The molecule has 0 aliphatic heterocycles. The number of benzene rings is 3. The molecular weight excluding hydrogens is 510 g/mol. The molecule has 2 N–H and O–H groups in total. The molecule has 1 amide bonds. The zero-order chi connectivity index (χ0) is 26.0. The Balaban J connectivity index is 1.78. The Bertz CT molecular complexity index is 1460. The van der Waals surface area contributed by atoms with E-state index in [2.05, 4.69) is 10.0 Å². The SMILES string of the molecule is Cc1ccc(N(C(C)C(=O)Nc2ccc(S(=O)(=O)Nc3ccccc3Cl)cc2)S(C)(=O)=O)cc1C. The second-order valence-electron chi connectivity index (χ2n) is 8.10. The number of hydrogen-bond donors (Lipinski definition) is 2. The lowest BCUT2D eigenvalue weighted by molar-refractivity contribution is -0.116. The summed E-state index contributed by atoms with van der Waals surface area (Å²) >= 11 is 6.03. The number of anilines is 3. The van der Waals surface area contributed by atoms with Gasteiger partial charge < -0.3 is 5.32 Å². The number of sulfonamides is 2. The van der Waals surface area contributed by atoms with E-state index in [1.807, 2.05) is 13.8 Å². The molecule has 0 aliphatic carbocycles. The van der Waals surface area contributed by atoms with Crippen molar-refractivity contribution in [2.75, 3.05) is 20.6 Å². The normalized spacial score (nSPS) is 12.6. The fourth-order valence-corrected chi connectivity index (χ4v) is 5.87. The van der Waals surface area contributed by atoms with Crippen molar-refractivity contribution in [1.82, 2.24) is 0 Å². The number of halogens is 1. The van der Waals surface area contributed by atoms with Crippen molar-refractivity contribution in [3.05, 3.63) is 82.9 Å². The van der Waals surface area contributed by atoms with E-state index in [-0.39, 0.29) is 15.6 Å². The Morgan fingerprint density at radius 1 is 0.914 bits per heavy atom. The average molecular weight is 536 g/mol. The molecule has 186 valence electrons. The Hall–Kier alpha value is -3.08. The van der Waals surface area contributed by atoms with Crippen LogP contribution in [-0.4, -0.2) is 35.0 Å². The van der Waals surface area contributed by atoms with Gasteiger partial charge in [-0.05, 0) is 80.4 Å². The largest absolute Gasteiger partial charge is 0.324 e. The minimum atomic E-state index is -3.91. The third kappa shape index (κ3) is 6.33. The van der Waals surface area contributed by atoms with Gasteiger partial charge in [-0.3, -0.25) is 13.8 Å². The van der Waals surface area contributed by atoms with Crippen LogP contribution in [0.15, 0.2) is 71.6 Å². The van der Waals surface area contributed by atoms with Gasteiger partial charge in [-0.25, -0.2) is 16.8 Å². The fraction of sp³-hybridized carbons (Fsp3) is 0.208. The van der Waals surface area contributed by atoms with Gasteiger partial charge in [0.25, 0.3) is 10.0 Å². The van der Waals surface area contributed by atoms with Crippen molar-refractivity contribution in [2.24, 2.45) is 0 Å². The molecule has 0 saturated carbocycles. The predicted molar refractivity (Wildman–Crippen MR) is 140 cm³/mol. The van der Waals surface area contributed by atoms with Crippen molar-refractivity contribution in [2.45, 2.75) is 31.7 Å². The summed E-state index contributed by atoms with van der Waals surface area (Å²) in [5.74, 6) is -0.571. The van der Waals surface area contributed by atoms with E-state index in [1.54, 1.807) is 42.5 Å². The van der Waals surface area contributed by atoms with Gasteiger partial charge in [0.1, 0.15) is 6.04 Å². The minimum Gasteiger partial charge on any atom is -0.324 e. The maximum Gasteiger partial charge on any atom is 0.261 e. The molecule has 0 aliphatic rings. The van der Waals surface area contributed by atoms with Crippen molar-refractivity contribution < 1.29 is 21.6 Å². The monoisotopic (exact) mass is 535 g/mol. The van der Waals surface area contributed by atoms with Crippen LogP contribution in [0.4, 0.5) is 17.1 Å². The topological polar surface area (TPSA) is 113 Å². The van der Waals surface area contributed by atoms with Crippen LogP contribution in [0.5, 0.6) is 0 Å². The number of para-hydroxylation sites is 1. The summed E-state index contributed by atoms with van der Waals surface area (Å²) in [6.07, 6.45) is 1.04. The Kier molecular flexibility index (Phi) is 7.78. The standard InChI is InChI=1S/C24H26ClN3O5S2/c1-16-9-12-20(15-17(16)2)28(34(4,30)31)18(3)24(29)26-19-10-13-21(14-11-19)35(32,33)27-23-8-6-5-7-22(23)25/h5-15,18,27H,1-4H3,(H,26,29). The third-order valence-electron chi connectivity index (χ3n) is 5.38. The predicted octanol–water partition coefficient (Wildman–Crippen LogP) is 4.55. The van der Waals surface area contributed by atoms with Gasteiger partial charge in [-0.2, -0.15) is 0 Å². The summed E-state index contributed by atoms with van der Waals surface area (Å²) < 4.78 is 53.9. The summed E-state index contributed by atoms with van der Waals surface area (Å²) in [6, 6.07) is 16.1. The summed E-state index contributed by atoms with van der Waals surface area (Å²) in [4.78, 5) is 12.9. The molecule has 35 heavy (non-hydrogen) atoms. The van der Waals surface area contributed by atoms with Crippen LogP contribution in [0.3, 0.4) is 0 Å². The summed E-state index contributed by atoms with van der Waals surface area (Å²) in [7, 11) is -7.68. The van der Waals surface area contributed by atoms with E-state index in [4.69, 9.17) is 11.6 Å². The van der Waals surface area contributed by atoms with E-state index in [0.29, 0.717) is 11.4 Å². The van der Waals surface area contributed by atoms with Crippen molar-refractivity contribution in [1.29, 1.82) is 0 Å². The van der Waals surface area contributed by atoms with Gasteiger partial charge in [0.2, 0.25) is 15.9 Å². The van der Waals surface area contributed by atoms with Crippen molar-refractivity contribution in [3.8, 4) is 0 Å². The maximum absolute atomic E-state index is 12.9. The zero-order valence-corrected chi connectivity index (χ0v) is 22.0. The number of rotatable bonds is 8. The number of nitrogens with one attached hydrogen (secondary N) is 2. The second kappa shape index (κ2) is 10.3. The van der Waals surface area contributed by atoms with Gasteiger partial charge in [0.05, 0.1) is 27.5 Å². The molecule has 11 heteroatoms. The first-order valence-corrected chi connectivity index (χ1v) is 14.3. The van der Waals surface area contributed by atoms with Crippen LogP contribution >= 0.6 is 11.6 Å². The molecule has 0 aromatic heterocycles. The van der Waals surface area contributed by atoms with Gasteiger partial charge in [0.15, 0.2) is 0 Å². The smallest absolute Gasteiger partial charge is 0.261 e. The Morgan fingerprint density at radius 3 is 2.11 bits per heavy atom. The molecule has 1 atom stereocenters. The van der Waals surface area contributed by atoms with Crippen LogP contribution < -0.4 is 14.3 Å². The lowest BCUT2D eigenvalue weighted by atomic mass is 10.1. The molecule has 1 unspecified atom stereocenters. The average Bonchev–Trinajstić information content (AvgIpc) is 2.77. The number of nitrogens with zero attached hydrogens (tertiary/aromatic N) is 1. The van der Waals surface area contributed by atoms with Gasteiger partial charge in [0, 0.05) is 5.69 Å². The zero-order valence-electron chi connectivity index (χ0n) is 19.6. The minimum absolute atomic E-state index is 0.0311. The highest BCUT2D eigenvalue weighted by molar-refractivity contribution is 7.92. The van der Waals surface area contributed by atoms with Crippen LogP contribution in [0.25, 0.3) is 0 Å². The van der Waals surface area contributed by atoms with Crippen LogP contribution in [0.2, 0.25) is 5.02 Å². The second-order valence-corrected chi connectivity index (χ2v) is 12.1. The molecule has 0 heterocycles. The van der Waals surface area contributed by atoms with E-state index in [0.717, 1.165) is 21.7 Å². The molecule has 3 aromatic carbocycles. The molecule has 0 radical (unpaired) electrons. The molecule has 0 spiro atoms. The first-order valence-electron chi connectivity index (χ1n) is 10.5. The Labute approximate surface area is 211 Å². The molecule has 3 aromatic rings. The van der Waals surface area contributed by atoms with Crippen molar-refractivity contribution >= 4 is 54.6 Å². The van der Waals surface area contributed by atoms with E-state index < -0.39 is 32.0 Å². The van der Waals surface area contributed by atoms with Gasteiger partial charge in [-0.15, -0.1) is 0 Å². The maximum atomic E-state index is 12.9. The Morgan fingerprint density at radius 2 is 1.54 bits per heavy atom. The molecule has 3 rings (SSSR count). The number of carbonyl (C=O) groups is 1. The lowest BCUT2D eigenvalue weighted by Gasteiger charge is -2.28. The number of aryl methyl sites for hydroxylation is 2. The molecule has 0 fully saturated rings. The summed E-state index contributed by atoms with van der Waals surface area (Å²) in [5, 5.41) is 2.90. The van der Waals surface area contributed by atoms with E-state index >= 15 is 0 Å². The summed E-state index contributed by atoms with van der Waals surface area (Å²) in [6.45, 7) is 5.26. The highest BCUT2D eigenvalue weighted by Crippen LogP contribution is 2.26. The fourth-order valence-electron chi connectivity index (χ4n) is 3.38. The van der Waals surface area contributed by atoms with Crippen LogP contribution in [0, 0.1) is 13.8 Å². The van der Waals surface area contributed by atoms with Crippen LogP contribution in [0.1, 0.15) is 18.1 Å². The lowest BCUT2D eigenvalue weighted by Crippen LogP contribution is -2.45. The first-order chi connectivity index (χ1) is 16.3. The van der Waals surface area contributed by atoms with Crippen molar-refractivity contribution in [3.63, 3.8) is 0 Å². The highest BCUT2D eigenvalue weighted by atomic mass is 35.5. The summed E-state index contributed by atoms with van der Waals surface area (Å²) in [5.41, 5.74) is 2.83. The molecule has 8 nitrogen and oxygen atoms in total. The number of carbonyl (C=O) groups excluding carboxylic acids is 1. The van der Waals surface area contributed by atoms with Crippen LogP contribution in [-0.2, 0) is 24.8 Å². The third-order valence-corrected chi connectivity index (χ3v) is 8.34. The van der Waals surface area contributed by atoms with E-state index in [9.17, 15) is 21.6 Å². The first kappa shape index (κ1) is 26.5. The highest BCUT2D eigenvalue weighted by Gasteiger charge is 2.29. The number of amides is 1.